The van der Waals surface area contributed by atoms with E-state index in [0.29, 0.717) is 30.5 Å². The number of aliphatic hydroxyl groups excluding tert-OH is 5. The van der Waals surface area contributed by atoms with Gasteiger partial charge in [-0.25, -0.2) is 4.79 Å². The molecule has 5 fully saturated rings. The molecule has 3 aliphatic heterocycles. The van der Waals surface area contributed by atoms with Gasteiger partial charge in [-0.05, 0) is 56.2 Å². The monoisotopic (exact) mass is 728 g/mol. The minimum absolute atomic E-state index is 0.0763. The number of carbonyl (C=O) groups excluding carboxylic acids is 3. The summed E-state index contributed by atoms with van der Waals surface area (Å²) in [4.78, 5) is 42.4. The number of fused-ring (bicyclic) bond motifs is 1. The summed E-state index contributed by atoms with van der Waals surface area (Å²) >= 11 is 0. The highest BCUT2D eigenvalue weighted by molar-refractivity contribution is 5.98. The van der Waals surface area contributed by atoms with Gasteiger partial charge in [-0.3, -0.25) is 9.59 Å². The molecule has 284 valence electrons. The predicted molar refractivity (Wildman–Crippen MR) is 180 cm³/mol. The lowest BCUT2D eigenvalue weighted by atomic mass is 9.91. The number of benzene rings is 1. The summed E-state index contributed by atoms with van der Waals surface area (Å²) in [5, 5.41) is 51.6. The third-order valence-corrected chi connectivity index (χ3v) is 10.9. The maximum atomic E-state index is 14.0. The maximum Gasteiger partial charge on any atom is 0.339 e. The van der Waals surface area contributed by atoms with Gasteiger partial charge in [0.05, 0.1) is 25.4 Å². The van der Waals surface area contributed by atoms with Crippen molar-refractivity contribution in [3.63, 3.8) is 0 Å². The number of ether oxygens (including phenoxy) is 5. The Balaban J connectivity index is 1.07. The molecule has 1 aromatic rings. The van der Waals surface area contributed by atoms with Crippen LogP contribution in [0.15, 0.2) is 42.0 Å². The van der Waals surface area contributed by atoms with Gasteiger partial charge in [0.25, 0.3) is 0 Å². The van der Waals surface area contributed by atoms with E-state index >= 15 is 0 Å². The van der Waals surface area contributed by atoms with Crippen molar-refractivity contribution < 1.29 is 63.6 Å². The molecule has 0 spiro atoms. The highest BCUT2D eigenvalue weighted by atomic mass is 16.8. The smallest absolute Gasteiger partial charge is 0.339 e. The van der Waals surface area contributed by atoms with Crippen molar-refractivity contribution in [1.29, 1.82) is 0 Å². The maximum absolute atomic E-state index is 14.0. The number of rotatable bonds is 13. The van der Waals surface area contributed by atoms with E-state index in [1.165, 1.54) is 0 Å². The van der Waals surface area contributed by atoms with E-state index in [-0.39, 0.29) is 55.4 Å². The molecule has 0 bridgehead atoms. The number of nitrogens with zero attached hydrogens (tertiary/aromatic N) is 1. The molecule has 52 heavy (non-hydrogen) atoms. The second kappa shape index (κ2) is 15.6. The van der Waals surface area contributed by atoms with Gasteiger partial charge in [0.15, 0.2) is 12.1 Å². The van der Waals surface area contributed by atoms with E-state index in [4.69, 9.17) is 23.7 Å². The molecular formula is C37H48N2O13. The van der Waals surface area contributed by atoms with E-state index in [9.17, 15) is 39.9 Å². The van der Waals surface area contributed by atoms with Crippen molar-refractivity contribution >= 4 is 23.9 Å². The SMILES string of the molecule is O=C(OC1CC(C(=O)N2CCCC2C(=O)NCCO)=CC2OC(C3CC3)(C3CC3)OC21)c1ccccc1C=CCOC1OC(CO)C(O)C(O)C1O. The predicted octanol–water partition coefficient (Wildman–Crippen LogP) is -0.228. The van der Waals surface area contributed by atoms with Crippen LogP contribution in [0.4, 0.5) is 0 Å². The lowest BCUT2D eigenvalue weighted by Crippen LogP contribution is -2.59. The van der Waals surface area contributed by atoms with Gasteiger partial charge in [0.2, 0.25) is 11.8 Å². The fourth-order valence-electron chi connectivity index (χ4n) is 7.88. The Morgan fingerprint density at radius 3 is 2.44 bits per heavy atom. The molecule has 2 amide bonds. The molecule has 15 nitrogen and oxygen atoms in total. The van der Waals surface area contributed by atoms with Crippen LogP contribution >= 0.6 is 0 Å². The minimum atomic E-state index is -1.57. The average molecular weight is 729 g/mol. The highest BCUT2D eigenvalue weighted by Crippen LogP contribution is 2.59. The third-order valence-electron chi connectivity index (χ3n) is 10.9. The summed E-state index contributed by atoms with van der Waals surface area (Å²) in [5.41, 5.74) is 1.15. The number of nitrogens with one attached hydrogen (secondary N) is 1. The lowest BCUT2D eigenvalue weighted by molar-refractivity contribution is -0.298. The Kier molecular flexibility index (Phi) is 11.1. The number of carbonyl (C=O) groups is 3. The van der Waals surface area contributed by atoms with Crippen LogP contribution < -0.4 is 5.32 Å². The number of hydrogen-bond donors (Lipinski definition) is 6. The molecule has 0 aromatic heterocycles. The summed E-state index contributed by atoms with van der Waals surface area (Å²) < 4.78 is 30.6. The van der Waals surface area contributed by atoms with E-state index in [0.717, 1.165) is 25.7 Å². The van der Waals surface area contributed by atoms with Crippen LogP contribution in [0.25, 0.3) is 6.08 Å². The molecule has 9 unspecified atom stereocenters. The van der Waals surface area contributed by atoms with Gasteiger partial charge in [-0.15, -0.1) is 0 Å². The van der Waals surface area contributed by atoms with Gasteiger partial charge in [-0.1, -0.05) is 30.4 Å². The molecule has 3 heterocycles. The van der Waals surface area contributed by atoms with Crippen LogP contribution in [-0.2, 0) is 33.3 Å². The molecule has 6 aliphatic rings. The fraction of sp³-hybridized carbons (Fsp3) is 0.649. The molecular weight excluding hydrogens is 680 g/mol. The van der Waals surface area contributed by atoms with Gasteiger partial charge in [0.1, 0.15) is 48.8 Å². The number of likely N-dealkylation sites (tertiary alicyclic amines) is 1. The first-order valence-corrected chi connectivity index (χ1v) is 18.3. The Hall–Kier alpha value is -3.25. The van der Waals surface area contributed by atoms with Crippen LogP contribution in [0.5, 0.6) is 0 Å². The van der Waals surface area contributed by atoms with Crippen molar-refractivity contribution in [3.8, 4) is 0 Å². The molecule has 0 radical (unpaired) electrons. The van der Waals surface area contributed by atoms with E-state index in [1.807, 2.05) is 0 Å². The van der Waals surface area contributed by atoms with Crippen LogP contribution in [0.1, 0.15) is 60.9 Å². The van der Waals surface area contributed by atoms with Crippen molar-refractivity contribution in [1.82, 2.24) is 10.2 Å². The number of hydrogen-bond acceptors (Lipinski definition) is 13. The topological polar surface area (TPSA) is 214 Å². The first-order valence-electron chi connectivity index (χ1n) is 18.3. The molecule has 15 heteroatoms. The van der Waals surface area contributed by atoms with E-state index < -0.39 is 73.4 Å². The molecule has 3 saturated heterocycles. The van der Waals surface area contributed by atoms with Gasteiger partial charge < -0.3 is 59.4 Å². The van der Waals surface area contributed by atoms with Gasteiger partial charge >= 0.3 is 5.97 Å². The Morgan fingerprint density at radius 2 is 1.73 bits per heavy atom. The van der Waals surface area contributed by atoms with Crippen LogP contribution in [0.2, 0.25) is 0 Å². The zero-order valence-corrected chi connectivity index (χ0v) is 28.8. The van der Waals surface area contributed by atoms with E-state index in [1.54, 1.807) is 47.4 Å². The first kappa shape index (κ1) is 37.1. The molecule has 3 aliphatic carbocycles. The molecule has 1 aromatic carbocycles. The number of esters is 1. The molecule has 7 rings (SSSR count). The number of amides is 2. The summed E-state index contributed by atoms with van der Waals surface area (Å²) in [6.45, 7) is -0.384. The van der Waals surface area contributed by atoms with Crippen molar-refractivity contribution in [3.05, 3.63) is 53.1 Å². The van der Waals surface area contributed by atoms with Gasteiger partial charge in [0, 0.05) is 36.9 Å². The summed E-state index contributed by atoms with van der Waals surface area (Å²) in [5.74, 6) is -1.57. The second-order valence-corrected chi connectivity index (χ2v) is 14.5. The van der Waals surface area contributed by atoms with Crippen LogP contribution in [0, 0.1) is 11.8 Å². The Bertz CT molecular complexity index is 1530. The van der Waals surface area contributed by atoms with Crippen molar-refractivity contribution in [2.45, 2.75) is 106 Å². The van der Waals surface area contributed by atoms with Crippen LogP contribution in [-0.4, -0.2) is 142 Å². The normalized spacial score (nSPS) is 34.2. The third kappa shape index (κ3) is 7.43. The van der Waals surface area contributed by atoms with Crippen molar-refractivity contribution in [2.24, 2.45) is 11.8 Å². The lowest BCUT2D eigenvalue weighted by Gasteiger charge is -2.39. The first-order chi connectivity index (χ1) is 25.1. The summed E-state index contributed by atoms with van der Waals surface area (Å²) in [7, 11) is 0. The zero-order valence-electron chi connectivity index (χ0n) is 28.8. The van der Waals surface area contributed by atoms with E-state index in [2.05, 4.69) is 5.32 Å². The molecule has 2 saturated carbocycles. The fourth-order valence-corrected chi connectivity index (χ4v) is 7.88. The Morgan fingerprint density at radius 1 is 0.981 bits per heavy atom. The summed E-state index contributed by atoms with van der Waals surface area (Å²) in [6, 6.07) is 6.12. The standard InChI is InChI=1S/C37H48N2O13/c40-15-13-38-33(45)25-8-3-14-39(25)34(46)21-17-26(32-27(18-21)51-37(52-32,22-9-10-22)23-11-12-23)49-35(47)24-7-2-1-5-20(24)6-4-16-48-36-31(44)30(43)29(42)28(19-41)50-36/h1-2,4-7,18,22-23,25-32,36,40-44H,3,8-17,19H2,(H,38,45). The van der Waals surface area contributed by atoms with Crippen LogP contribution in [0.3, 0.4) is 0 Å². The molecule has 9 atom stereocenters. The summed E-state index contributed by atoms with van der Waals surface area (Å²) in [6.07, 6.45) is 1.05. The minimum Gasteiger partial charge on any atom is -0.456 e. The van der Waals surface area contributed by atoms with Gasteiger partial charge in [-0.2, -0.15) is 0 Å². The highest BCUT2D eigenvalue weighted by Gasteiger charge is 2.64. The quantitative estimate of drug-likeness (QED) is 0.145. The van der Waals surface area contributed by atoms with Crippen molar-refractivity contribution in [2.75, 3.05) is 32.9 Å². The molecule has 6 N–H and O–H groups in total. The zero-order chi connectivity index (χ0) is 36.6. The average Bonchev–Trinajstić information content (AvgIpc) is 4.10. The largest absolute Gasteiger partial charge is 0.456 e. The Labute approximate surface area is 301 Å². The second-order valence-electron chi connectivity index (χ2n) is 14.5. The number of aliphatic hydroxyl groups is 5.